The minimum Gasteiger partial charge on any atom is -0.317 e. The molecular weight excluding hydrogens is 122 g/mol. The van der Waals surface area contributed by atoms with E-state index < -0.39 is 0 Å². The van der Waals surface area contributed by atoms with Crippen molar-refractivity contribution in [2.45, 2.75) is 40.0 Å². The van der Waals surface area contributed by atoms with Crippen LogP contribution in [0, 0.1) is 5.92 Å². The molecule has 0 amide bonds. The molecule has 0 rings (SSSR count). The van der Waals surface area contributed by atoms with E-state index in [0.717, 1.165) is 5.92 Å². The Labute approximate surface area is 65.2 Å². The van der Waals surface area contributed by atoms with Crippen molar-refractivity contribution in [1.29, 1.82) is 0 Å². The van der Waals surface area contributed by atoms with Gasteiger partial charge >= 0.3 is 0 Å². The summed E-state index contributed by atoms with van der Waals surface area (Å²) in [5, 5.41) is 3.40. The van der Waals surface area contributed by atoms with Gasteiger partial charge in [-0.2, -0.15) is 0 Å². The highest BCUT2D eigenvalue weighted by Crippen LogP contribution is 2.03. The topological polar surface area (TPSA) is 12.0 Å². The molecule has 0 aliphatic rings. The number of nitrogens with one attached hydrogen (secondary N) is 1. The first kappa shape index (κ1) is 9.96. The van der Waals surface area contributed by atoms with Crippen molar-refractivity contribution in [2.75, 3.05) is 13.1 Å². The first-order valence-corrected chi connectivity index (χ1v) is 4.52. The van der Waals surface area contributed by atoms with Crippen molar-refractivity contribution >= 4 is 0 Å². The van der Waals surface area contributed by atoms with Gasteiger partial charge in [0, 0.05) is 0 Å². The minimum atomic E-state index is 0.893. The molecule has 1 nitrogen and oxygen atoms in total. The third-order valence-corrected chi connectivity index (χ3v) is 1.94. The summed E-state index contributed by atoms with van der Waals surface area (Å²) in [5.41, 5.74) is 0. The van der Waals surface area contributed by atoms with E-state index in [2.05, 4.69) is 26.1 Å². The summed E-state index contributed by atoms with van der Waals surface area (Å²) >= 11 is 0. The predicted molar refractivity (Wildman–Crippen MR) is 47.2 cm³/mol. The molecule has 0 fully saturated rings. The fourth-order valence-corrected chi connectivity index (χ4v) is 0.854. The van der Waals surface area contributed by atoms with Crippen LogP contribution in [0.25, 0.3) is 0 Å². The quantitative estimate of drug-likeness (QED) is 0.563. The Morgan fingerprint density at radius 2 is 1.90 bits per heavy atom. The lowest BCUT2D eigenvalue weighted by Crippen LogP contribution is -2.17. The fourth-order valence-electron chi connectivity index (χ4n) is 0.854. The fraction of sp³-hybridized carbons (Fsp3) is 1.00. The molecule has 1 N–H and O–H groups in total. The highest BCUT2D eigenvalue weighted by Gasteiger charge is 1.95. The summed E-state index contributed by atoms with van der Waals surface area (Å²) in [7, 11) is 0. The Morgan fingerprint density at radius 3 is 2.40 bits per heavy atom. The van der Waals surface area contributed by atoms with Crippen LogP contribution >= 0.6 is 0 Å². The molecule has 0 aromatic heterocycles. The molecule has 1 heteroatoms. The average Bonchev–Trinajstić information content (AvgIpc) is 1.98. The zero-order valence-corrected chi connectivity index (χ0v) is 7.61. The molecule has 0 heterocycles. The van der Waals surface area contributed by atoms with E-state index in [1.165, 1.54) is 32.4 Å². The SMILES string of the molecule is CCCNCC[C@H](C)CC. The Balaban J connectivity index is 2.89. The molecule has 1 atom stereocenters. The van der Waals surface area contributed by atoms with Crippen LogP contribution in [0.5, 0.6) is 0 Å². The van der Waals surface area contributed by atoms with Gasteiger partial charge in [-0.25, -0.2) is 0 Å². The van der Waals surface area contributed by atoms with Crippen LogP contribution in [-0.4, -0.2) is 13.1 Å². The standard InChI is InChI=1S/C9H21N/c1-4-7-10-8-6-9(3)5-2/h9-10H,4-8H2,1-3H3/t9-/m1/s1. The molecule has 0 unspecified atom stereocenters. The van der Waals surface area contributed by atoms with E-state index in [9.17, 15) is 0 Å². The van der Waals surface area contributed by atoms with Gasteiger partial charge in [0.2, 0.25) is 0 Å². The van der Waals surface area contributed by atoms with E-state index >= 15 is 0 Å². The average molecular weight is 143 g/mol. The van der Waals surface area contributed by atoms with E-state index in [-0.39, 0.29) is 0 Å². The zero-order chi connectivity index (χ0) is 7.82. The predicted octanol–water partition coefficient (Wildman–Crippen LogP) is 2.42. The second-order valence-electron chi connectivity index (χ2n) is 3.05. The van der Waals surface area contributed by atoms with Gasteiger partial charge in [0.1, 0.15) is 0 Å². The molecule has 0 aliphatic carbocycles. The summed E-state index contributed by atoms with van der Waals surface area (Å²) < 4.78 is 0. The van der Waals surface area contributed by atoms with E-state index in [4.69, 9.17) is 0 Å². The van der Waals surface area contributed by atoms with E-state index in [0.29, 0.717) is 0 Å². The summed E-state index contributed by atoms with van der Waals surface area (Å²) in [6.45, 7) is 9.15. The lowest BCUT2D eigenvalue weighted by Gasteiger charge is -2.07. The molecule has 0 aromatic rings. The number of hydrogen-bond donors (Lipinski definition) is 1. The van der Waals surface area contributed by atoms with E-state index in [1.807, 2.05) is 0 Å². The van der Waals surface area contributed by atoms with Gasteiger partial charge in [-0.3, -0.25) is 0 Å². The molecule has 62 valence electrons. The van der Waals surface area contributed by atoms with Crippen LogP contribution in [0.15, 0.2) is 0 Å². The van der Waals surface area contributed by atoms with Crippen LogP contribution in [0.3, 0.4) is 0 Å². The third-order valence-electron chi connectivity index (χ3n) is 1.94. The van der Waals surface area contributed by atoms with Crippen molar-refractivity contribution in [3.8, 4) is 0 Å². The number of rotatable bonds is 6. The van der Waals surface area contributed by atoms with Gasteiger partial charge in [0.15, 0.2) is 0 Å². The van der Waals surface area contributed by atoms with Gasteiger partial charge in [0.25, 0.3) is 0 Å². The molecule has 0 bridgehead atoms. The number of hydrogen-bond acceptors (Lipinski definition) is 1. The minimum absolute atomic E-state index is 0.893. The summed E-state index contributed by atoms with van der Waals surface area (Å²) in [4.78, 5) is 0. The van der Waals surface area contributed by atoms with Crippen LogP contribution in [-0.2, 0) is 0 Å². The van der Waals surface area contributed by atoms with Crippen LogP contribution in [0.2, 0.25) is 0 Å². The van der Waals surface area contributed by atoms with Crippen molar-refractivity contribution in [3.05, 3.63) is 0 Å². The molecule has 0 aromatic carbocycles. The molecule has 0 saturated carbocycles. The summed E-state index contributed by atoms with van der Waals surface area (Å²) in [6.07, 6.45) is 3.89. The van der Waals surface area contributed by atoms with E-state index in [1.54, 1.807) is 0 Å². The highest BCUT2D eigenvalue weighted by molar-refractivity contribution is 4.52. The maximum absolute atomic E-state index is 3.40. The summed E-state index contributed by atoms with van der Waals surface area (Å²) in [5.74, 6) is 0.893. The Kier molecular flexibility index (Phi) is 7.04. The zero-order valence-electron chi connectivity index (χ0n) is 7.61. The van der Waals surface area contributed by atoms with Crippen LogP contribution < -0.4 is 5.32 Å². The van der Waals surface area contributed by atoms with Crippen molar-refractivity contribution < 1.29 is 0 Å². The largest absolute Gasteiger partial charge is 0.317 e. The van der Waals surface area contributed by atoms with Crippen LogP contribution in [0.4, 0.5) is 0 Å². The maximum atomic E-state index is 3.40. The van der Waals surface area contributed by atoms with Crippen molar-refractivity contribution in [1.82, 2.24) is 5.32 Å². The Morgan fingerprint density at radius 1 is 1.20 bits per heavy atom. The highest BCUT2D eigenvalue weighted by atomic mass is 14.8. The van der Waals surface area contributed by atoms with Gasteiger partial charge in [-0.05, 0) is 31.8 Å². The van der Waals surface area contributed by atoms with Crippen molar-refractivity contribution in [3.63, 3.8) is 0 Å². The smallest absolute Gasteiger partial charge is 0.00464 e. The first-order valence-electron chi connectivity index (χ1n) is 4.52. The Hall–Kier alpha value is -0.0400. The van der Waals surface area contributed by atoms with Gasteiger partial charge < -0.3 is 5.32 Å². The first-order chi connectivity index (χ1) is 4.81. The molecule has 0 spiro atoms. The second kappa shape index (κ2) is 7.07. The molecule has 0 aliphatic heterocycles. The van der Waals surface area contributed by atoms with Gasteiger partial charge in [0.05, 0.1) is 0 Å². The third kappa shape index (κ3) is 6.09. The van der Waals surface area contributed by atoms with Gasteiger partial charge in [-0.15, -0.1) is 0 Å². The monoisotopic (exact) mass is 143 g/mol. The maximum Gasteiger partial charge on any atom is -0.00464 e. The summed E-state index contributed by atoms with van der Waals surface area (Å²) in [6, 6.07) is 0. The second-order valence-corrected chi connectivity index (χ2v) is 3.05. The molecule has 0 saturated heterocycles. The normalized spacial score (nSPS) is 13.5. The lowest BCUT2D eigenvalue weighted by molar-refractivity contribution is 0.488. The van der Waals surface area contributed by atoms with Gasteiger partial charge in [-0.1, -0.05) is 27.2 Å². The molecular formula is C9H21N. The van der Waals surface area contributed by atoms with Crippen molar-refractivity contribution in [2.24, 2.45) is 5.92 Å². The molecule has 10 heavy (non-hydrogen) atoms. The van der Waals surface area contributed by atoms with Crippen LogP contribution in [0.1, 0.15) is 40.0 Å². The Bertz CT molecular complexity index is 61.7. The molecule has 0 radical (unpaired) electrons. The lowest BCUT2D eigenvalue weighted by atomic mass is 10.1.